The average molecular weight is 1310 g/mol. The molecule has 468 valence electrons. The zero-order valence-corrected chi connectivity index (χ0v) is 54.1. The van der Waals surface area contributed by atoms with Gasteiger partial charge in [0, 0.05) is 70.7 Å². The molecule has 15 nitrogen and oxygen atoms in total. The third-order valence-electron chi connectivity index (χ3n) is 14.1. The first-order valence-electron chi connectivity index (χ1n) is 30.6. The first-order valence-corrected chi connectivity index (χ1v) is 35.2. The zero-order valence-electron chi connectivity index (χ0n) is 51.5. The molecule has 0 saturated heterocycles. The Balaban J connectivity index is 1.14. The molecule has 0 N–H and O–H groups in total. The molecule has 0 aliphatic carbocycles. The van der Waals surface area contributed by atoms with Crippen molar-refractivity contribution in [1.82, 2.24) is 0 Å². The monoisotopic (exact) mass is 1310 g/mol. The molecular weight excluding hydrogens is 1250 g/mol. The molecule has 96 heavy (non-hydrogen) atoms. The van der Waals surface area contributed by atoms with E-state index < -0.39 is 23.0 Å². The van der Waals surface area contributed by atoms with Crippen LogP contribution in [-0.2, 0) is 0 Å². The highest BCUT2D eigenvalue weighted by atomic mass is 31.3. The Hall–Kier alpha value is -11.9. The predicted octanol–water partition coefficient (Wildman–Crippen LogP) is 22.8. The van der Waals surface area contributed by atoms with Gasteiger partial charge in [0.15, 0.2) is 0 Å². The van der Waals surface area contributed by atoms with Crippen molar-refractivity contribution in [3.63, 3.8) is 0 Å². The van der Waals surface area contributed by atoms with Crippen molar-refractivity contribution >= 4 is 94.4 Å². The molecule has 12 aromatic rings. The van der Waals surface area contributed by atoms with E-state index in [4.69, 9.17) is 70.6 Å². The van der Waals surface area contributed by atoms with Gasteiger partial charge in [-0.2, -0.15) is 0 Å². The van der Waals surface area contributed by atoms with Gasteiger partial charge in [0.05, 0.1) is 34.1 Å². The summed E-state index contributed by atoms with van der Waals surface area (Å²) in [5.74, 6) is 1.60. The molecule has 0 radical (unpaired) electrons. The highest BCUT2D eigenvalue weighted by Gasteiger charge is 2.50. The van der Waals surface area contributed by atoms with E-state index in [9.17, 15) is 0 Å². The average Bonchev–Trinajstić information content (AvgIpc) is 0.726. The van der Waals surface area contributed by atoms with Crippen LogP contribution in [0, 0.1) is 0 Å². The molecule has 13 rings (SSSR count). The van der Waals surface area contributed by atoms with Crippen LogP contribution in [0.25, 0.3) is 0 Å². The van der Waals surface area contributed by atoms with Crippen LogP contribution >= 0.6 is 23.0 Å². The van der Waals surface area contributed by atoms with Gasteiger partial charge >= 0.3 is 23.0 Å². The normalized spacial score (nSPS) is 16.9. The van der Waals surface area contributed by atoms with E-state index in [0.29, 0.717) is 67.5 Å². The topological polar surface area (TPSA) is 167 Å². The molecule has 0 spiro atoms. The maximum atomic E-state index is 7.68. The number of benzene rings is 12. The summed E-state index contributed by atoms with van der Waals surface area (Å²) in [7, 11) is -14.1. The van der Waals surface area contributed by atoms with Crippen molar-refractivity contribution in [2.75, 3.05) is 0 Å². The molecule has 0 saturated carbocycles. The van der Waals surface area contributed by atoms with Gasteiger partial charge in [-0.25, -0.2) is 0 Å². The molecule has 0 bridgehead atoms. The highest BCUT2D eigenvalue weighted by molar-refractivity contribution is 7.79. The minimum atomic E-state index is -4.69. The molecule has 0 atom stereocenters. The van der Waals surface area contributed by atoms with Gasteiger partial charge in [-0.1, -0.05) is 196 Å². The first kappa shape index (κ1) is 62.9. The SMILES string of the molecule is C(=Nc1ccccc1)c1ccccc1OP1(Oc2ccccc2C=Nc2ccccc2)=NP(Oc2ccccc2C=Nc2ccccc2)(Oc2ccccc2C=Nc2ccccc2)=NP(Oc2ccccc2C=Nc2ccccc2)(Oc2ccccc2C=Nc2ccccc2)=N1. The van der Waals surface area contributed by atoms with Crippen molar-refractivity contribution in [2.24, 2.45) is 43.5 Å². The van der Waals surface area contributed by atoms with Gasteiger partial charge in [-0.05, 0) is 146 Å². The van der Waals surface area contributed by atoms with E-state index in [-0.39, 0.29) is 34.5 Å². The van der Waals surface area contributed by atoms with Crippen molar-refractivity contribution < 1.29 is 27.1 Å². The molecule has 0 unspecified atom stereocenters. The number of nitrogens with zero attached hydrogens (tertiary/aromatic N) is 9. The van der Waals surface area contributed by atoms with Gasteiger partial charge in [0.2, 0.25) is 0 Å². The molecule has 1 heterocycles. The quantitative estimate of drug-likeness (QED) is 0.0431. The van der Waals surface area contributed by atoms with Gasteiger partial charge < -0.3 is 27.1 Å². The van der Waals surface area contributed by atoms with Gasteiger partial charge in [-0.3, -0.25) is 30.0 Å². The lowest BCUT2D eigenvalue weighted by Crippen LogP contribution is -2.13. The second kappa shape index (κ2) is 30.7. The molecular formula is C78H60N9O6P3. The molecule has 1 aliphatic rings. The summed E-state index contributed by atoms with van der Waals surface area (Å²) in [6.07, 6.45) is 10.3. The number of aliphatic imine (C=N–C) groups is 6. The van der Waals surface area contributed by atoms with Crippen LogP contribution in [0.15, 0.2) is 371 Å². The van der Waals surface area contributed by atoms with Gasteiger partial charge in [-0.15, -0.1) is 0 Å². The van der Waals surface area contributed by atoms with E-state index in [1.54, 1.807) is 73.7 Å². The fraction of sp³-hybridized carbons (Fsp3) is 0. The Labute approximate surface area is 557 Å². The molecule has 12 aromatic carbocycles. The highest BCUT2D eigenvalue weighted by Crippen LogP contribution is 2.79. The molecule has 1 aliphatic heterocycles. The summed E-state index contributed by atoms with van der Waals surface area (Å²) >= 11 is 0. The van der Waals surface area contributed by atoms with Gasteiger partial charge in [0.25, 0.3) is 0 Å². The summed E-state index contributed by atoms with van der Waals surface area (Å²) < 4.78 is 63.4. The van der Waals surface area contributed by atoms with Crippen LogP contribution in [0.2, 0.25) is 0 Å². The summed E-state index contributed by atoms with van der Waals surface area (Å²) in [6.45, 7) is 0. The Morgan fingerprint density at radius 2 is 0.312 bits per heavy atom. The first-order chi connectivity index (χ1) is 47.4. The van der Waals surface area contributed by atoms with Crippen molar-refractivity contribution in [3.8, 4) is 34.5 Å². The number of para-hydroxylation sites is 12. The van der Waals surface area contributed by atoms with E-state index in [0.717, 1.165) is 0 Å². The summed E-state index contributed by atoms with van der Waals surface area (Å²) in [5, 5.41) is 0. The van der Waals surface area contributed by atoms with Crippen LogP contribution in [0.3, 0.4) is 0 Å². The standard InChI is InChI=1S/C78H60N9O6P3/c1-7-37-67(38-8-1)79-55-61-31-19-25-49-73(61)88-94(89-74-50-26-20-32-62(74)56-80-68-39-9-2-10-40-68)85-95(90-75-51-27-21-33-63(75)57-81-69-41-11-3-12-42-69,91-76-52-28-22-34-64(76)58-82-70-43-13-4-14-44-70)87-96(86-94,92-77-53-29-23-35-65(77)59-83-71-45-15-5-16-46-71)93-78-54-30-24-36-66(78)60-84-72-47-17-6-18-48-72/h1-60H. The van der Waals surface area contributed by atoms with E-state index in [2.05, 4.69) is 0 Å². The van der Waals surface area contributed by atoms with Crippen molar-refractivity contribution in [2.45, 2.75) is 0 Å². The molecule has 18 heteroatoms. The third kappa shape index (κ3) is 16.7. The lowest BCUT2D eigenvalue weighted by molar-refractivity contribution is 0.442. The summed E-state index contributed by atoms with van der Waals surface area (Å²) in [5.41, 5.74) is 7.50. The lowest BCUT2D eigenvalue weighted by atomic mass is 10.2. The Kier molecular flexibility index (Phi) is 20.1. The maximum absolute atomic E-state index is 7.68. The summed E-state index contributed by atoms with van der Waals surface area (Å²) in [4.78, 5) is 29.5. The Morgan fingerprint density at radius 1 is 0.177 bits per heavy atom. The Bertz CT molecular complexity index is 4190. The minimum absolute atomic E-state index is 0.267. The minimum Gasteiger partial charge on any atom is -0.413 e. The third-order valence-corrected chi connectivity index (χ3v) is 22.2. The second-order valence-corrected chi connectivity index (χ2v) is 27.3. The smallest absolute Gasteiger partial charge is 0.413 e. The summed E-state index contributed by atoms with van der Waals surface area (Å²) in [6, 6.07) is 102. The van der Waals surface area contributed by atoms with E-state index in [1.165, 1.54) is 0 Å². The molecule has 0 aromatic heterocycles. The number of hydrogen-bond donors (Lipinski definition) is 0. The maximum Gasteiger partial charge on any atom is 0.460 e. The predicted molar refractivity (Wildman–Crippen MR) is 393 cm³/mol. The largest absolute Gasteiger partial charge is 0.460 e. The second-order valence-electron chi connectivity index (χ2n) is 21.1. The van der Waals surface area contributed by atoms with Crippen molar-refractivity contribution in [1.29, 1.82) is 0 Å². The molecule has 0 amide bonds. The van der Waals surface area contributed by atoms with Gasteiger partial charge in [0.1, 0.15) is 34.5 Å². The fourth-order valence-electron chi connectivity index (χ4n) is 9.50. The van der Waals surface area contributed by atoms with Crippen LogP contribution in [0.1, 0.15) is 33.4 Å². The van der Waals surface area contributed by atoms with E-state index in [1.807, 2.05) is 291 Å². The Morgan fingerprint density at radius 3 is 0.469 bits per heavy atom. The van der Waals surface area contributed by atoms with Crippen molar-refractivity contribution in [3.05, 3.63) is 361 Å². The number of rotatable bonds is 24. The van der Waals surface area contributed by atoms with Crippen LogP contribution in [0.4, 0.5) is 34.1 Å². The zero-order chi connectivity index (χ0) is 64.9. The molecule has 0 fully saturated rings. The van der Waals surface area contributed by atoms with Crippen LogP contribution < -0.4 is 27.1 Å². The van der Waals surface area contributed by atoms with Crippen LogP contribution in [-0.4, -0.2) is 37.3 Å². The number of hydrogen-bond acceptors (Lipinski definition) is 15. The lowest BCUT2D eigenvalue weighted by Gasteiger charge is -2.34. The van der Waals surface area contributed by atoms with Crippen LogP contribution in [0.5, 0.6) is 34.5 Å². The fourth-order valence-corrected chi connectivity index (χ4v) is 18.7. The van der Waals surface area contributed by atoms with E-state index >= 15 is 0 Å².